The molecule has 3 N–H and O–H groups in total. The molecule has 1 aliphatic carbocycles. The zero-order valence-corrected chi connectivity index (χ0v) is 15.4. The average molecular weight is 353 g/mol. The summed E-state index contributed by atoms with van der Waals surface area (Å²) in [6.45, 7) is 6.81. The van der Waals surface area contributed by atoms with Crippen LogP contribution in [0, 0.1) is 0 Å². The third kappa shape index (κ3) is 4.33. The van der Waals surface area contributed by atoms with Crippen LogP contribution in [0.15, 0.2) is 5.38 Å². The fraction of sp³-hybridized carbons (Fsp3) is 0.765. The van der Waals surface area contributed by atoms with E-state index in [-0.39, 0.29) is 18.1 Å². The maximum absolute atomic E-state index is 12.5. The van der Waals surface area contributed by atoms with Crippen molar-refractivity contribution in [2.24, 2.45) is 5.73 Å². The molecule has 0 aromatic carbocycles. The van der Waals surface area contributed by atoms with Gasteiger partial charge in [0.2, 0.25) is 5.91 Å². The second kappa shape index (κ2) is 7.47. The number of carbonyl (C=O) groups is 1. The molecule has 1 aliphatic heterocycles. The van der Waals surface area contributed by atoms with Gasteiger partial charge in [0.15, 0.2) is 5.13 Å². The maximum atomic E-state index is 12.5. The highest BCUT2D eigenvalue weighted by atomic mass is 32.1. The molecule has 0 bridgehead atoms. The molecule has 2 aliphatic rings. The fourth-order valence-electron chi connectivity index (χ4n) is 3.71. The van der Waals surface area contributed by atoms with Gasteiger partial charge in [0.1, 0.15) is 0 Å². The topological polar surface area (TPSA) is 80.5 Å². The molecule has 1 saturated heterocycles. The Kier molecular flexibility index (Phi) is 5.54. The van der Waals surface area contributed by atoms with Crippen LogP contribution < -0.4 is 11.1 Å². The fourth-order valence-corrected chi connectivity index (χ4v) is 4.41. The van der Waals surface area contributed by atoms with Crippen LogP contribution in [0.2, 0.25) is 0 Å². The van der Waals surface area contributed by atoms with E-state index < -0.39 is 5.54 Å². The lowest BCUT2D eigenvalue weighted by Crippen LogP contribution is -2.52. The Hall–Kier alpha value is -1.02. The third-order valence-corrected chi connectivity index (χ3v) is 5.66. The number of hydrogen-bond donors (Lipinski definition) is 2. The largest absolute Gasteiger partial charge is 0.373 e. The van der Waals surface area contributed by atoms with Crippen molar-refractivity contribution in [1.29, 1.82) is 0 Å². The van der Waals surface area contributed by atoms with Crippen LogP contribution in [0.3, 0.4) is 0 Å². The normalized spacial score (nSPS) is 27.8. The molecular weight excluding hydrogens is 324 g/mol. The smallest absolute Gasteiger partial charge is 0.246 e. The Morgan fingerprint density at radius 3 is 2.71 bits per heavy atom. The van der Waals surface area contributed by atoms with E-state index in [1.54, 1.807) is 0 Å². The van der Waals surface area contributed by atoms with Gasteiger partial charge >= 0.3 is 0 Å². The number of morpholine rings is 1. The summed E-state index contributed by atoms with van der Waals surface area (Å²) in [5.74, 6) is -0.0864. The Bertz CT molecular complexity index is 561. The first-order valence-electron chi connectivity index (χ1n) is 8.87. The van der Waals surface area contributed by atoms with Crippen molar-refractivity contribution < 1.29 is 9.53 Å². The van der Waals surface area contributed by atoms with Gasteiger partial charge in [0.25, 0.3) is 0 Å². The molecule has 2 fully saturated rings. The van der Waals surface area contributed by atoms with Gasteiger partial charge in [0, 0.05) is 25.0 Å². The summed E-state index contributed by atoms with van der Waals surface area (Å²) < 4.78 is 5.76. The second-order valence-corrected chi connectivity index (χ2v) is 8.12. The molecule has 1 aromatic heterocycles. The first-order chi connectivity index (χ1) is 11.4. The van der Waals surface area contributed by atoms with Crippen LogP contribution >= 0.6 is 11.3 Å². The van der Waals surface area contributed by atoms with Gasteiger partial charge in [-0.3, -0.25) is 9.69 Å². The van der Waals surface area contributed by atoms with E-state index in [2.05, 4.69) is 29.0 Å². The van der Waals surface area contributed by atoms with E-state index in [9.17, 15) is 4.79 Å². The van der Waals surface area contributed by atoms with Crippen molar-refractivity contribution in [2.75, 3.05) is 18.4 Å². The summed E-state index contributed by atoms with van der Waals surface area (Å²) in [6, 6.07) is 0. The standard InChI is InChI=1S/C17H28N4O2S/c1-12-8-21(9-13(2)23-12)10-14-11-24-16(19-14)20-15(22)17(18)6-4-3-5-7-17/h11-13H,3-10,18H2,1-2H3,(H,19,20,22). The molecular formula is C17H28N4O2S. The van der Waals surface area contributed by atoms with Crippen molar-refractivity contribution in [1.82, 2.24) is 9.88 Å². The molecule has 134 valence electrons. The van der Waals surface area contributed by atoms with Gasteiger partial charge in [0.05, 0.1) is 23.4 Å². The molecule has 2 unspecified atom stereocenters. The van der Waals surface area contributed by atoms with Crippen molar-refractivity contribution in [2.45, 2.75) is 70.2 Å². The summed E-state index contributed by atoms with van der Waals surface area (Å²) in [5, 5.41) is 5.60. The molecule has 7 heteroatoms. The zero-order valence-electron chi connectivity index (χ0n) is 14.6. The van der Waals surface area contributed by atoms with E-state index in [4.69, 9.17) is 10.5 Å². The molecule has 2 heterocycles. The Balaban J connectivity index is 1.56. The van der Waals surface area contributed by atoms with Gasteiger partial charge < -0.3 is 15.8 Å². The Labute approximate surface area is 147 Å². The van der Waals surface area contributed by atoms with E-state index in [1.807, 2.05) is 5.38 Å². The number of rotatable bonds is 4. The number of hydrogen-bond acceptors (Lipinski definition) is 6. The highest BCUT2D eigenvalue weighted by molar-refractivity contribution is 7.13. The lowest BCUT2D eigenvalue weighted by molar-refractivity contribution is -0.122. The summed E-state index contributed by atoms with van der Waals surface area (Å²) in [7, 11) is 0. The summed E-state index contributed by atoms with van der Waals surface area (Å²) in [4.78, 5) is 19.4. The van der Waals surface area contributed by atoms with Crippen LogP contribution in [-0.4, -0.2) is 46.6 Å². The quantitative estimate of drug-likeness (QED) is 0.869. The van der Waals surface area contributed by atoms with Gasteiger partial charge in [-0.2, -0.15) is 0 Å². The minimum absolute atomic E-state index is 0.0864. The number of nitrogens with zero attached hydrogens (tertiary/aromatic N) is 2. The number of ether oxygens (including phenoxy) is 1. The third-order valence-electron chi connectivity index (χ3n) is 4.85. The van der Waals surface area contributed by atoms with Crippen molar-refractivity contribution >= 4 is 22.4 Å². The van der Waals surface area contributed by atoms with Crippen molar-refractivity contribution in [3.63, 3.8) is 0 Å². The molecule has 24 heavy (non-hydrogen) atoms. The lowest BCUT2D eigenvalue weighted by Gasteiger charge is -2.34. The molecule has 1 aromatic rings. The minimum Gasteiger partial charge on any atom is -0.373 e. The first kappa shape index (κ1) is 17.8. The number of aromatic nitrogens is 1. The van der Waals surface area contributed by atoms with Crippen molar-refractivity contribution in [3.8, 4) is 0 Å². The zero-order chi connectivity index (χ0) is 17.2. The minimum atomic E-state index is -0.723. The van der Waals surface area contributed by atoms with Crippen LogP contribution in [-0.2, 0) is 16.1 Å². The van der Waals surface area contributed by atoms with Gasteiger partial charge in [-0.25, -0.2) is 4.98 Å². The van der Waals surface area contributed by atoms with Crippen LogP contribution in [0.25, 0.3) is 0 Å². The molecule has 1 amide bonds. The molecule has 3 rings (SSSR count). The Morgan fingerprint density at radius 1 is 1.38 bits per heavy atom. The number of nitrogens with one attached hydrogen (secondary N) is 1. The molecule has 1 saturated carbocycles. The lowest BCUT2D eigenvalue weighted by atomic mass is 9.82. The highest BCUT2D eigenvalue weighted by Crippen LogP contribution is 2.28. The number of nitrogens with two attached hydrogens (primary N) is 1. The maximum Gasteiger partial charge on any atom is 0.246 e. The summed E-state index contributed by atoms with van der Waals surface area (Å²) >= 11 is 1.47. The predicted molar refractivity (Wildman–Crippen MR) is 96.0 cm³/mol. The van der Waals surface area contributed by atoms with E-state index >= 15 is 0 Å². The van der Waals surface area contributed by atoms with Gasteiger partial charge in [-0.1, -0.05) is 19.3 Å². The van der Waals surface area contributed by atoms with Crippen LogP contribution in [0.4, 0.5) is 5.13 Å². The first-order valence-corrected chi connectivity index (χ1v) is 9.75. The van der Waals surface area contributed by atoms with Crippen molar-refractivity contribution in [3.05, 3.63) is 11.1 Å². The van der Waals surface area contributed by atoms with E-state index in [1.165, 1.54) is 17.8 Å². The monoisotopic (exact) mass is 352 g/mol. The predicted octanol–water partition coefficient (Wildman–Crippen LogP) is 2.35. The Morgan fingerprint density at radius 2 is 2.04 bits per heavy atom. The van der Waals surface area contributed by atoms with E-state index in [0.717, 1.165) is 51.0 Å². The van der Waals surface area contributed by atoms with Gasteiger partial charge in [-0.15, -0.1) is 11.3 Å². The number of amides is 1. The summed E-state index contributed by atoms with van der Waals surface area (Å²) in [6.07, 6.45) is 5.25. The molecule has 0 radical (unpaired) electrons. The number of thiazole rings is 1. The number of anilines is 1. The summed E-state index contributed by atoms with van der Waals surface area (Å²) in [5.41, 5.74) is 6.55. The average Bonchev–Trinajstić information content (AvgIpc) is 2.94. The SMILES string of the molecule is CC1CN(Cc2csc(NC(=O)C3(N)CCCCC3)n2)CC(C)O1. The molecule has 0 spiro atoms. The van der Waals surface area contributed by atoms with Crippen LogP contribution in [0.5, 0.6) is 0 Å². The molecule has 6 nitrogen and oxygen atoms in total. The molecule has 2 atom stereocenters. The highest BCUT2D eigenvalue weighted by Gasteiger charge is 2.35. The van der Waals surface area contributed by atoms with E-state index in [0.29, 0.717) is 5.13 Å². The number of carbonyl (C=O) groups excluding carboxylic acids is 1. The van der Waals surface area contributed by atoms with Gasteiger partial charge in [-0.05, 0) is 26.7 Å². The van der Waals surface area contributed by atoms with Crippen LogP contribution in [0.1, 0.15) is 51.6 Å². The second-order valence-electron chi connectivity index (χ2n) is 7.27.